The summed E-state index contributed by atoms with van der Waals surface area (Å²) in [5, 5.41) is 4.09. The second-order valence-electron chi connectivity index (χ2n) is 5.61. The predicted octanol–water partition coefficient (Wildman–Crippen LogP) is 4.63. The normalized spacial score (nSPS) is 11.1. The SMILES string of the molecule is Cc1cc(Cl)cc(C)c1OCc1cc(CNC(C)C)co1. The summed E-state index contributed by atoms with van der Waals surface area (Å²) in [6.07, 6.45) is 1.77. The van der Waals surface area contributed by atoms with Crippen LogP contribution >= 0.6 is 11.6 Å². The summed E-state index contributed by atoms with van der Waals surface area (Å²) in [5.74, 6) is 1.70. The van der Waals surface area contributed by atoms with Gasteiger partial charge in [-0.05, 0) is 43.2 Å². The van der Waals surface area contributed by atoms with Gasteiger partial charge < -0.3 is 14.5 Å². The van der Waals surface area contributed by atoms with Crippen LogP contribution in [0.25, 0.3) is 0 Å². The molecule has 0 atom stereocenters. The molecular formula is C17H22ClNO2. The Morgan fingerprint density at radius 2 is 1.86 bits per heavy atom. The lowest BCUT2D eigenvalue weighted by Crippen LogP contribution is -2.21. The molecule has 21 heavy (non-hydrogen) atoms. The average molecular weight is 308 g/mol. The first-order valence-corrected chi connectivity index (χ1v) is 7.52. The zero-order chi connectivity index (χ0) is 15.4. The number of hydrogen-bond acceptors (Lipinski definition) is 3. The molecule has 1 aromatic carbocycles. The molecule has 0 aliphatic heterocycles. The van der Waals surface area contributed by atoms with E-state index >= 15 is 0 Å². The lowest BCUT2D eigenvalue weighted by atomic mass is 10.1. The topological polar surface area (TPSA) is 34.4 Å². The number of benzene rings is 1. The zero-order valence-electron chi connectivity index (χ0n) is 13.0. The van der Waals surface area contributed by atoms with Gasteiger partial charge in [0.05, 0.1) is 6.26 Å². The van der Waals surface area contributed by atoms with E-state index in [1.165, 1.54) is 0 Å². The van der Waals surface area contributed by atoms with Crippen molar-refractivity contribution in [3.05, 3.63) is 51.9 Å². The van der Waals surface area contributed by atoms with Crippen molar-refractivity contribution in [2.75, 3.05) is 0 Å². The van der Waals surface area contributed by atoms with E-state index in [-0.39, 0.29) is 0 Å². The Morgan fingerprint density at radius 1 is 1.19 bits per heavy atom. The third kappa shape index (κ3) is 4.51. The molecule has 1 heterocycles. The van der Waals surface area contributed by atoms with E-state index in [1.807, 2.05) is 32.0 Å². The van der Waals surface area contributed by atoms with E-state index in [0.717, 1.165) is 39.8 Å². The summed E-state index contributed by atoms with van der Waals surface area (Å²) in [4.78, 5) is 0. The van der Waals surface area contributed by atoms with Crippen molar-refractivity contribution in [2.45, 2.75) is 46.9 Å². The van der Waals surface area contributed by atoms with Crippen LogP contribution in [0.4, 0.5) is 0 Å². The van der Waals surface area contributed by atoms with Gasteiger partial charge in [0.15, 0.2) is 0 Å². The van der Waals surface area contributed by atoms with Crippen LogP contribution in [-0.2, 0) is 13.2 Å². The molecule has 0 bridgehead atoms. The zero-order valence-corrected chi connectivity index (χ0v) is 13.8. The molecule has 2 rings (SSSR count). The van der Waals surface area contributed by atoms with E-state index in [4.69, 9.17) is 20.8 Å². The third-order valence-corrected chi connectivity index (χ3v) is 3.42. The van der Waals surface area contributed by atoms with Gasteiger partial charge in [-0.3, -0.25) is 0 Å². The van der Waals surface area contributed by atoms with Crippen LogP contribution in [0.1, 0.15) is 36.3 Å². The fraction of sp³-hybridized carbons (Fsp3) is 0.412. The van der Waals surface area contributed by atoms with Crippen LogP contribution in [-0.4, -0.2) is 6.04 Å². The number of rotatable bonds is 6. The highest BCUT2D eigenvalue weighted by Crippen LogP contribution is 2.27. The Morgan fingerprint density at radius 3 is 2.48 bits per heavy atom. The molecule has 2 aromatic rings. The van der Waals surface area contributed by atoms with Crippen molar-refractivity contribution in [2.24, 2.45) is 0 Å². The first-order chi connectivity index (χ1) is 9.95. The number of furan rings is 1. The minimum atomic E-state index is 0.422. The molecular weight excluding hydrogens is 286 g/mol. The van der Waals surface area contributed by atoms with Crippen molar-refractivity contribution in [3.63, 3.8) is 0 Å². The summed E-state index contributed by atoms with van der Waals surface area (Å²) in [7, 11) is 0. The van der Waals surface area contributed by atoms with E-state index in [2.05, 4.69) is 19.2 Å². The van der Waals surface area contributed by atoms with Crippen molar-refractivity contribution in [1.29, 1.82) is 0 Å². The van der Waals surface area contributed by atoms with Crippen molar-refractivity contribution in [1.82, 2.24) is 5.32 Å². The van der Waals surface area contributed by atoms with Crippen molar-refractivity contribution in [3.8, 4) is 5.75 Å². The highest BCUT2D eigenvalue weighted by atomic mass is 35.5. The Bertz CT molecular complexity index is 582. The Kier molecular flexibility index (Phi) is 5.32. The number of ether oxygens (including phenoxy) is 1. The molecule has 0 amide bonds. The molecule has 0 fully saturated rings. The fourth-order valence-corrected chi connectivity index (χ4v) is 2.51. The second kappa shape index (κ2) is 7.01. The van der Waals surface area contributed by atoms with Gasteiger partial charge in [-0.2, -0.15) is 0 Å². The summed E-state index contributed by atoms with van der Waals surface area (Å²) < 4.78 is 11.4. The maximum Gasteiger partial charge on any atom is 0.146 e. The Hall–Kier alpha value is -1.45. The lowest BCUT2D eigenvalue weighted by Gasteiger charge is -2.11. The number of hydrogen-bond donors (Lipinski definition) is 1. The highest BCUT2D eigenvalue weighted by Gasteiger charge is 2.08. The van der Waals surface area contributed by atoms with Crippen molar-refractivity contribution >= 4 is 11.6 Å². The fourth-order valence-electron chi connectivity index (χ4n) is 2.18. The molecule has 1 aromatic heterocycles. The van der Waals surface area contributed by atoms with E-state index < -0.39 is 0 Å². The van der Waals surface area contributed by atoms with E-state index in [0.29, 0.717) is 12.6 Å². The second-order valence-corrected chi connectivity index (χ2v) is 6.05. The van der Waals surface area contributed by atoms with Gasteiger partial charge in [0, 0.05) is 23.2 Å². The number of nitrogens with one attached hydrogen (secondary N) is 1. The van der Waals surface area contributed by atoms with Crippen molar-refractivity contribution < 1.29 is 9.15 Å². The number of halogens is 1. The quantitative estimate of drug-likeness (QED) is 0.845. The monoisotopic (exact) mass is 307 g/mol. The molecule has 114 valence electrons. The van der Waals surface area contributed by atoms with Gasteiger partial charge >= 0.3 is 0 Å². The maximum absolute atomic E-state index is 6.02. The summed E-state index contributed by atoms with van der Waals surface area (Å²) >= 11 is 6.02. The molecule has 1 N–H and O–H groups in total. The minimum Gasteiger partial charge on any atom is -0.485 e. The molecule has 0 aliphatic carbocycles. The van der Waals surface area contributed by atoms with Crippen LogP contribution in [0, 0.1) is 13.8 Å². The van der Waals surface area contributed by atoms with Crippen LogP contribution in [0.2, 0.25) is 5.02 Å². The van der Waals surface area contributed by atoms with Crippen LogP contribution in [0.15, 0.2) is 28.9 Å². The molecule has 0 radical (unpaired) electrons. The summed E-state index contributed by atoms with van der Waals surface area (Å²) in [5.41, 5.74) is 3.20. The molecule has 0 spiro atoms. The van der Waals surface area contributed by atoms with Gasteiger partial charge in [0.1, 0.15) is 18.1 Å². The molecule has 0 saturated carbocycles. The van der Waals surface area contributed by atoms with Crippen LogP contribution in [0.5, 0.6) is 5.75 Å². The van der Waals surface area contributed by atoms with Crippen LogP contribution in [0.3, 0.4) is 0 Å². The molecule has 3 nitrogen and oxygen atoms in total. The molecule has 0 unspecified atom stereocenters. The molecule has 0 saturated heterocycles. The summed E-state index contributed by atoms with van der Waals surface area (Å²) in [6.45, 7) is 9.46. The predicted molar refractivity (Wildman–Crippen MR) is 85.9 cm³/mol. The van der Waals surface area contributed by atoms with Crippen LogP contribution < -0.4 is 10.1 Å². The molecule has 0 aliphatic rings. The Labute approximate surface area is 131 Å². The maximum atomic E-state index is 6.02. The third-order valence-electron chi connectivity index (χ3n) is 3.21. The van der Waals surface area contributed by atoms with Gasteiger partial charge in [-0.15, -0.1) is 0 Å². The average Bonchev–Trinajstić information content (AvgIpc) is 2.83. The van der Waals surface area contributed by atoms with Gasteiger partial charge in [-0.1, -0.05) is 25.4 Å². The van der Waals surface area contributed by atoms with Gasteiger partial charge in [0.2, 0.25) is 0 Å². The standard InChI is InChI=1S/C17H22ClNO2/c1-11(2)19-8-14-7-16(20-9-14)10-21-17-12(3)5-15(18)6-13(17)4/h5-7,9,11,19H,8,10H2,1-4H3. The van der Waals surface area contributed by atoms with Gasteiger partial charge in [0.25, 0.3) is 0 Å². The smallest absolute Gasteiger partial charge is 0.146 e. The first-order valence-electron chi connectivity index (χ1n) is 7.15. The Balaban J connectivity index is 1.97. The number of aryl methyl sites for hydroxylation is 2. The highest BCUT2D eigenvalue weighted by molar-refractivity contribution is 6.30. The largest absolute Gasteiger partial charge is 0.485 e. The van der Waals surface area contributed by atoms with Gasteiger partial charge in [-0.25, -0.2) is 0 Å². The molecule has 4 heteroatoms. The van der Waals surface area contributed by atoms with E-state index in [9.17, 15) is 0 Å². The summed E-state index contributed by atoms with van der Waals surface area (Å²) in [6, 6.07) is 6.29. The van der Waals surface area contributed by atoms with E-state index in [1.54, 1.807) is 6.26 Å². The minimum absolute atomic E-state index is 0.422. The lowest BCUT2D eigenvalue weighted by molar-refractivity contribution is 0.267. The first kappa shape index (κ1) is 15.9.